The molecule has 2 saturated heterocycles. The summed E-state index contributed by atoms with van der Waals surface area (Å²) in [5, 5.41) is 2.24. The lowest BCUT2D eigenvalue weighted by Crippen LogP contribution is -2.53. The number of rotatable bonds is 5. The van der Waals surface area contributed by atoms with Crippen LogP contribution in [0, 0.1) is 0 Å². The first-order chi connectivity index (χ1) is 14.2. The molecule has 0 bridgehead atoms. The van der Waals surface area contributed by atoms with Crippen molar-refractivity contribution in [2.45, 2.75) is 0 Å². The molecule has 2 fully saturated rings. The molecule has 0 aliphatic carbocycles. The summed E-state index contributed by atoms with van der Waals surface area (Å²) in [4.78, 5) is 30.7. The second kappa shape index (κ2) is 9.24. The van der Waals surface area contributed by atoms with Crippen molar-refractivity contribution in [3.63, 3.8) is 0 Å². The molecule has 0 aromatic heterocycles. The highest BCUT2D eigenvalue weighted by molar-refractivity contribution is 5.84. The minimum Gasteiger partial charge on any atom is -0.484 e. The van der Waals surface area contributed by atoms with Gasteiger partial charge in [0.1, 0.15) is 5.75 Å². The zero-order chi connectivity index (χ0) is 20.1. The lowest BCUT2D eigenvalue weighted by atomic mass is 10.1. The Morgan fingerprint density at radius 2 is 1.52 bits per heavy atom. The predicted octanol–water partition coefficient (Wildman–Crippen LogP) is 1.22. The summed E-state index contributed by atoms with van der Waals surface area (Å²) in [7, 11) is 0. The molecule has 2 heterocycles. The number of morpholine rings is 1. The third-order valence-electron chi connectivity index (χ3n) is 5.53. The van der Waals surface area contributed by atoms with Crippen molar-refractivity contribution in [3.8, 4) is 5.75 Å². The van der Waals surface area contributed by atoms with E-state index in [9.17, 15) is 9.59 Å². The van der Waals surface area contributed by atoms with Crippen molar-refractivity contribution < 1.29 is 19.1 Å². The van der Waals surface area contributed by atoms with Crippen LogP contribution in [0.25, 0.3) is 10.8 Å². The van der Waals surface area contributed by atoms with Gasteiger partial charge in [-0.1, -0.05) is 30.3 Å². The quantitative estimate of drug-likeness (QED) is 0.759. The van der Waals surface area contributed by atoms with Gasteiger partial charge in [0, 0.05) is 39.3 Å². The topological polar surface area (TPSA) is 62.3 Å². The Morgan fingerprint density at radius 1 is 0.828 bits per heavy atom. The molecule has 0 N–H and O–H groups in total. The maximum Gasteiger partial charge on any atom is 0.260 e. The second-order valence-corrected chi connectivity index (χ2v) is 7.45. The Hall–Kier alpha value is -2.64. The van der Waals surface area contributed by atoms with Gasteiger partial charge in [-0.15, -0.1) is 0 Å². The Morgan fingerprint density at radius 3 is 2.28 bits per heavy atom. The molecule has 7 nitrogen and oxygen atoms in total. The lowest BCUT2D eigenvalue weighted by molar-refractivity contribution is -0.138. The first-order valence-corrected chi connectivity index (χ1v) is 10.2. The maximum atomic E-state index is 12.5. The van der Waals surface area contributed by atoms with Crippen molar-refractivity contribution in [3.05, 3.63) is 42.5 Å². The van der Waals surface area contributed by atoms with Crippen LogP contribution in [-0.4, -0.2) is 92.1 Å². The summed E-state index contributed by atoms with van der Waals surface area (Å²) in [5.41, 5.74) is 0. The van der Waals surface area contributed by atoms with E-state index in [-0.39, 0.29) is 18.4 Å². The SMILES string of the molecule is O=C(COc1ccc2ccccc2c1)N1CCN(CC(=O)N2CCOCC2)CC1. The highest BCUT2D eigenvalue weighted by Gasteiger charge is 2.25. The molecule has 2 amide bonds. The van der Waals surface area contributed by atoms with Gasteiger partial charge in [-0.25, -0.2) is 0 Å². The molecule has 0 atom stereocenters. The number of fused-ring (bicyclic) bond motifs is 1. The van der Waals surface area contributed by atoms with Crippen LogP contribution >= 0.6 is 0 Å². The third kappa shape index (κ3) is 5.05. The van der Waals surface area contributed by atoms with Crippen molar-refractivity contribution >= 4 is 22.6 Å². The molecule has 2 aliphatic heterocycles. The van der Waals surface area contributed by atoms with Gasteiger partial charge in [0.05, 0.1) is 19.8 Å². The number of benzene rings is 2. The van der Waals surface area contributed by atoms with Gasteiger partial charge < -0.3 is 19.3 Å². The Bertz CT molecular complexity index is 858. The molecule has 2 aliphatic rings. The molecule has 154 valence electrons. The summed E-state index contributed by atoms with van der Waals surface area (Å²) in [5.74, 6) is 0.830. The molecule has 7 heteroatoms. The van der Waals surface area contributed by atoms with Crippen LogP contribution in [0.15, 0.2) is 42.5 Å². The van der Waals surface area contributed by atoms with Crippen LogP contribution in [0.1, 0.15) is 0 Å². The standard InChI is InChI=1S/C22H27N3O4/c26-21(25-11-13-28-14-12-25)16-23-7-9-24(10-8-23)22(27)17-29-20-6-5-18-3-1-2-4-19(18)15-20/h1-6,15H,7-14,16-17H2. The van der Waals surface area contributed by atoms with Gasteiger partial charge >= 0.3 is 0 Å². The number of piperazine rings is 1. The third-order valence-corrected chi connectivity index (χ3v) is 5.53. The first-order valence-electron chi connectivity index (χ1n) is 10.2. The highest BCUT2D eigenvalue weighted by Crippen LogP contribution is 2.20. The molecular formula is C22H27N3O4. The summed E-state index contributed by atoms with van der Waals surface area (Å²) >= 11 is 0. The van der Waals surface area contributed by atoms with Crippen LogP contribution < -0.4 is 4.74 Å². The van der Waals surface area contributed by atoms with Gasteiger partial charge in [0.15, 0.2) is 6.61 Å². The monoisotopic (exact) mass is 397 g/mol. The van der Waals surface area contributed by atoms with Gasteiger partial charge in [-0.2, -0.15) is 0 Å². The number of hydrogen-bond donors (Lipinski definition) is 0. The van der Waals surface area contributed by atoms with Crippen molar-refractivity contribution in [2.24, 2.45) is 0 Å². The fraction of sp³-hybridized carbons (Fsp3) is 0.455. The Kier molecular flexibility index (Phi) is 6.27. The van der Waals surface area contributed by atoms with E-state index in [1.54, 1.807) is 0 Å². The minimum atomic E-state index is -0.0164. The van der Waals surface area contributed by atoms with Crippen molar-refractivity contribution in [1.29, 1.82) is 0 Å². The number of hydrogen-bond acceptors (Lipinski definition) is 5. The van der Waals surface area contributed by atoms with Gasteiger partial charge in [0.25, 0.3) is 5.91 Å². The zero-order valence-corrected chi connectivity index (χ0v) is 16.6. The average molecular weight is 397 g/mol. The Balaban J connectivity index is 1.21. The number of amides is 2. The van der Waals surface area contributed by atoms with Gasteiger partial charge in [-0.05, 0) is 22.9 Å². The van der Waals surface area contributed by atoms with E-state index in [0.29, 0.717) is 64.8 Å². The van der Waals surface area contributed by atoms with Crippen LogP contribution in [0.5, 0.6) is 5.75 Å². The zero-order valence-electron chi connectivity index (χ0n) is 16.6. The van der Waals surface area contributed by atoms with E-state index >= 15 is 0 Å². The fourth-order valence-electron chi connectivity index (χ4n) is 3.75. The average Bonchev–Trinajstić information content (AvgIpc) is 2.78. The molecule has 2 aromatic rings. The van der Waals surface area contributed by atoms with E-state index in [4.69, 9.17) is 9.47 Å². The van der Waals surface area contributed by atoms with Crippen LogP contribution in [0.4, 0.5) is 0 Å². The molecule has 29 heavy (non-hydrogen) atoms. The van der Waals surface area contributed by atoms with E-state index in [1.165, 1.54) is 0 Å². The van der Waals surface area contributed by atoms with E-state index in [0.717, 1.165) is 10.8 Å². The fourth-order valence-corrected chi connectivity index (χ4v) is 3.75. The lowest BCUT2D eigenvalue weighted by Gasteiger charge is -2.36. The number of nitrogens with zero attached hydrogens (tertiary/aromatic N) is 3. The Labute approximate surface area is 170 Å². The summed E-state index contributed by atoms with van der Waals surface area (Å²) < 4.78 is 11.0. The molecule has 2 aromatic carbocycles. The number of ether oxygens (including phenoxy) is 2. The molecule has 0 radical (unpaired) electrons. The maximum absolute atomic E-state index is 12.5. The minimum absolute atomic E-state index is 0.0164. The summed E-state index contributed by atoms with van der Waals surface area (Å²) in [6.07, 6.45) is 0. The van der Waals surface area contributed by atoms with E-state index in [1.807, 2.05) is 52.3 Å². The highest BCUT2D eigenvalue weighted by atomic mass is 16.5. The summed E-state index contributed by atoms with van der Waals surface area (Å²) in [6.45, 7) is 5.67. The van der Waals surface area contributed by atoms with Crippen molar-refractivity contribution in [1.82, 2.24) is 14.7 Å². The van der Waals surface area contributed by atoms with Gasteiger partial charge in [-0.3, -0.25) is 14.5 Å². The number of carbonyl (C=O) groups excluding carboxylic acids is 2. The van der Waals surface area contributed by atoms with Gasteiger partial charge in [0.2, 0.25) is 5.91 Å². The largest absolute Gasteiger partial charge is 0.484 e. The second-order valence-electron chi connectivity index (χ2n) is 7.45. The van der Waals surface area contributed by atoms with Crippen LogP contribution in [0.3, 0.4) is 0 Å². The van der Waals surface area contributed by atoms with E-state index < -0.39 is 0 Å². The normalized spacial score (nSPS) is 18.1. The molecule has 0 unspecified atom stereocenters. The molecule has 0 spiro atoms. The van der Waals surface area contributed by atoms with Crippen LogP contribution in [0.2, 0.25) is 0 Å². The van der Waals surface area contributed by atoms with Crippen LogP contribution in [-0.2, 0) is 14.3 Å². The molecule has 0 saturated carbocycles. The van der Waals surface area contributed by atoms with E-state index in [2.05, 4.69) is 4.90 Å². The molecule has 4 rings (SSSR count). The predicted molar refractivity (Wildman–Crippen MR) is 110 cm³/mol. The smallest absolute Gasteiger partial charge is 0.260 e. The first kappa shape index (κ1) is 19.7. The number of carbonyl (C=O) groups is 2. The molecular weight excluding hydrogens is 370 g/mol. The van der Waals surface area contributed by atoms with Crippen molar-refractivity contribution in [2.75, 3.05) is 65.6 Å². The summed E-state index contributed by atoms with van der Waals surface area (Å²) in [6, 6.07) is 13.9.